The molecule has 6 nitrogen and oxygen atoms in total. The fraction of sp³-hybridized carbons (Fsp3) is 0.0769. The summed E-state index contributed by atoms with van der Waals surface area (Å²) in [6.45, 7) is 0.242. The highest BCUT2D eigenvalue weighted by molar-refractivity contribution is 5.63. The van der Waals surface area contributed by atoms with E-state index in [0.717, 1.165) is 0 Å². The van der Waals surface area contributed by atoms with Crippen molar-refractivity contribution in [2.24, 2.45) is 0 Å². The van der Waals surface area contributed by atoms with Gasteiger partial charge in [-0.15, -0.1) is 5.10 Å². The first-order valence-corrected chi connectivity index (χ1v) is 5.74. The topological polar surface area (TPSA) is 85.7 Å². The Morgan fingerprint density at radius 3 is 2.74 bits per heavy atom. The van der Waals surface area contributed by atoms with E-state index in [4.69, 9.17) is 10.5 Å². The lowest BCUT2D eigenvalue weighted by Gasteiger charge is -2.02. The van der Waals surface area contributed by atoms with Crippen molar-refractivity contribution in [1.82, 2.24) is 14.6 Å². The molecule has 0 aliphatic heterocycles. The van der Waals surface area contributed by atoms with E-state index in [2.05, 4.69) is 10.1 Å². The van der Waals surface area contributed by atoms with Gasteiger partial charge in [0.1, 0.15) is 18.1 Å². The Morgan fingerprint density at radius 2 is 2.00 bits per heavy atom. The molecule has 96 valence electrons. The second-order valence-corrected chi connectivity index (χ2v) is 4.04. The summed E-state index contributed by atoms with van der Waals surface area (Å²) in [6, 6.07) is 10.1. The number of pyridine rings is 1. The van der Waals surface area contributed by atoms with Gasteiger partial charge in [0.25, 0.3) is 0 Å². The van der Waals surface area contributed by atoms with E-state index in [0.29, 0.717) is 22.9 Å². The quantitative estimate of drug-likeness (QED) is 0.743. The van der Waals surface area contributed by atoms with Crippen LogP contribution in [0, 0.1) is 0 Å². The van der Waals surface area contributed by atoms with Crippen molar-refractivity contribution in [3.8, 4) is 11.5 Å². The minimum atomic E-state index is 0.200. The van der Waals surface area contributed by atoms with E-state index in [-0.39, 0.29) is 12.4 Å². The molecular weight excluding hydrogens is 244 g/mol. The number of aromatic hydroxyl groups is 1. The van der Waals surface area contributed by atoms with E-state index in [9.17, 15) is 5.11 Å². The van der Waals surface area contributed by atoms with E-state index < -0.39 is 0 Å². The van der Waals surface area contributed by atoms with Crippen LogP contribution in [0.15, 0.2) is 42.6 Å². The summed E-state index contributed by atoms with van der Waals surface area (Å²) in [4.78, 5) is 4.30. The monoisotopic (exact) mass is 256 g/mol. The van der Waals surface area contributed by atoms with E-state index in [1.54, 1.807) is 41.0 Å². The largest absolute Gasteiger partial charge is 0.508 e. The number of benzene rings is 1. The average molecular weight is 256 g/mol. The van der Waals surface area contributed by atoms with Gasteiger partial charge in [0.15, 0.2) is 11.5 Å². The Morgan fingerprint density at radius 1 is 1.21 bits per heavy atom. The Labute approximate surface area is 109 Å². The van der Waals surface area contributed by atoms with Gasteiger partial charge >= 0.3 is 0 Å². The van der Waals surface area contributed by atoms with E-state index >= 15 is 0 Å². The van der Waals surface area contributed by atoms with Gasteiger partial charge in [0.05, 0.1) is 5.69 Å². The molecule has 0 aliphatic rings. The number of nitrogens with zero attached hydrogens (tertiary/aromatic N) is 3. The van der Waals surface area contributed by atoms with Crippen LogP contribution in [-0.4, -0.2) is 19.7 Å². The molecule has 6 heteroatoms. The van der Waals surface area contributed by atoms with Crippen LogP contribution in [0.4, 0.5) is 5.69 Å². The fourth-order valence-corrected chi connectivity index (χ4v) is 1.72. The summed E-state index contributed by atoms with van der Waals surface area (Å²) in [5.74, 6) is 1.39. The number of ether oxygens (including phenoxy) is 1. The van der Waals surface area contributed by atoms with Crippen molar-refractivity contribution in [1.29, 1.82) is 0 Å². The average Bonchev–Trinajstić information content (AvgIpc) is 2.83. The lowest BCUT2D eigenvalue weighted by atomic mass is 10.3. The zero-order chi connectivity index (χ0) is 13.2. The van der Waals surface area contributed by atoms with Crippen molar-refractivity contribution in [3.05, 3.63) is 48.4 Å². The van der Waals surface area contributed by atoms with Crippen LogP contribution in [0.3, 0.4) is 0 Å². The summed E-state index contributed by atoms with van der Waals surface area (Å²) >= 11 is 0. The predicted molar refractivity (Wildman–Crippen MR) is 69.8 cm³/mol. The maximum absolute atomic E-state index is 9.17. The first-order chi connectivity index (χ1) is 9.22. The number of hydrogen-bond acceptors (Lipinski definition) is 5. The van der Waals surface area contributed by atoms with Gasteiger partial charge in [0, 0.05) is 6.20 Å². The van der Waals surface area contributed by atoms with Crippen molar-refractivity contribution < 1.29 is 9.84 Å². The molecule has 0 spiro atoms. The van der Waals surface area contributed by atoms with Crippen molar-refractivity contribution in [3.63, 3.8) is 0 Å². The van der Waals surface area contributed by atoms with Gasteiger partial charge in [-0.1, -0.05) is 0 Å². The number of anilines is 1. The molecule has 1 aromatic carbocycles. The van der Waals surface area contributed by atoms with E-state index in [1.165, 1.54) is 0 Å². The molecule has 0 radical (unpaired) electrons. The van der Waals surface area contributed by atoms with Crippen molar-refractivity contribution >= 4 is 11.3 Å². The third-order valence-electron chi connectivity index (χ3n) is 2.64. The molecule has 3 N–H and O–H groups in total. The maximum Gasteiger partial charge on any atom is 0.189 e. The Hall–Kier alpha value is -2.76. The van der Waals surface area contributed by atoms with Crippen molar-refractivity contribution in [2.75, 3.05) is 5.73 Å². The number of nitrogen functional groups attached to an aromatic ring is 1. The van der Waals surface area contributed by atoms with Crippen molar-refractivity contribution in [2.45, 2.75) is 6.61 Å². The lowest BCUT2D eigenvalue weighted by molar-refractivity contribution is 0.295. The van der Waals surface area contributed by atoms with Gasteiger partial charge in [0.2, 0.25) is 0 Å². The highest BCUT2D eigenvalue weighted by Crippen LogP contribution is 2.17. The van der Waals surface area contributed by atoms with Crippen LogP contribution in [0.5, 0.6) is 11.5 Å². The molecule has 19 heavy (non-hydrogen) atoms. The molecule has 0 bridgehead atoms. The Balaban J connectivity index is 1.78. The first-order valence-electron chi connectivity index (χ1n) is 5.74. The van der Waals surface area contributed by atoms with Crippen LogP contribution in [0.1, 0.15) is 5.82 Å². The van der Waals surface area contributed by atoms with Gasteiger partial charge < -0.3 is 15.6 Å². The SMILES string of the molecule is Nc1cccn2nc(COc3ccc(O)cc3)nc12. The second kappa shape index (κ2) is 4.49. The number of nitrogens with two attached hydrogens (primary N) is 1. The van der Waals surface area contributed by atoms with Crippen LogP contribution in [0.25, 0.3) is 5.65 Å². The molecule has 0 aliphatic carbocycles. The summed E-state index contributed by atoms with van der Waals surface area (Å²) in [6.07, 6.45) is 1.78. The highest BCUT2D eigenvalue weighted by Gasteiger charge is 2.06. The molecule has 2 aromatic heterocycles. The summed E-state index contributed by atoms with van der Waals surface area (Å²) < 4.78 is 7.14. The van der Waals surface area contributed by atoms with Crippen LogP contribution < -0.4 is 10.5 Å². The molecule has 0 fully saturated rings. The number of aromatic nitrogens is 3. The number of rotatable bonds is 3. The fourth-order valence-electron chi connectivity index (χ4n) is 1.72. The molecule has 0 saturated heterocycles. The minimum Gasteiger partial charge on any atom is -0.508 e. The lowest BCUT2D eigenvalue weighted by Crippen LogP contribution is -1.97. The van der Waals surface area contributed by atoms with Gasteiger partial charge in [-0.2, -0.15) is 0 Å². The van der Waals surface area contributed by atoms with Crippen LogP contribution >= 0.6 is 0 Å². The number of phenols is 1. The third kappa shape index (κ3) is 2.28. The normalized spacial score (nSPS) is 10.7. The minimum absolute atomic E-state index is 0.200. The van der Waals surface area contributed by atoms with Crippen LogP contribution in [-0.2, 0) is 6.61 Å². The van der Waals surface area contributed by atoms with Crippen LogP contribution in [0.2, 0.25) is 0 Å². The second-order valence-electron chi connectivity index (χ2n) is 4.04. The number of fused-ring (bicyclic) bond motifs is 1. The zero-order valence-corrected chi connectivity index (χ0v) is 10.0. The third-order valence-corrected chi connectivity index (χ3v) is 2.64. The van der Waals surface area contributed by atoms with Gasteiger partial charge in [-0.25, -0.2) is 9.50 Å². The number of phenolic OH excluding ortho intramolecular Hbond substituents is 1. The van der Waals surface area contributed by atoms with Gasteiger partial charge in [-0.05, 0) is 36.4 Å². The molecule has 3 rings (SSSR count). The molecule has 2 heterocycles. The predicted octanol–water partition coefficient (Wildman–Crippen LogP) is 1.60. The summed E-state index contributed by atoms with van der Waals surface area (Å²) in [7, 11) is 0. The Bertz CT molecular complexity index is 706. The molecule has 3 aromatic rings. The molecule has 0 atom stereocenters. The zero-order valence-electron chi connectivity index (χ0n) is 10.0. The molecular formula is C13H12N4O2. The number of hydrogen-bond donors (Lipinski definition) is 2. The highest BCUT2D eigenvalue weighted by atomic mass is 16.5. The van der Waals surface area contributed by atoms with E-state index in [1.807, 2.05) is 6.07 Å². The maximum atomic E-state index is 9.17. The smallest absolute Gasteiger partial charge is 0.189 e. The summed E-state index contributed by atoms with van der Waals surface area (Å²) in [5.41, 5.74) is 6.99. The molecule has 0 saturated carbocycles. The van der Waals surface area contributed by atoms with Gasteiger partial charge in [-0.3, -0.25) is 0 Å². The first kappa shape index (κ1) is 11.3. The Kier molecular flexibility index (Phi) is 2.68. The molecule has 0 amide bonds. The standard InChI is InChI=1S/C13H12N4O2/c14-11-2-1-7-17-13(11)15-12(16-17)8-19-10-5-3-9(18)4-6-10/h1-7,18H,8,14H2. The molecule has 0 unspecified atom stereocenters. The summed E-state index contributed by atoms with van der Waals surface area (Å²) in [5, 5.41) is 13.4.